The van der Waals surface area contributed by atoms with E-state index >= 15 is 0 Å². The third-order valence-corrected chi connectivity index (χ3v) is 4.19. The number of methoxy groups -OCH3 is 1. The first-order valence-electron chi connectivity index (χ1n) is 8.89. The van der Waals surface area contributed by atoms with Gasteiger partial charge in [0.2, 0.25) is 0 Å². The molecule has 0 atom stereocenters. The number of carbonyl (C=O) groups excluding carboxylic acids is 2. The van der Waals surface area contributed by atoms with E-state index in [0.717, 1.165) is 17.4 Å². The van der Waals surface area contributed by atoms with Gasteiger partial charge in [-0.05, 0) is 54.1 Å². The van der Waals surface area contributed by atoms with Crippen LogP contribution in [-0.2, 0) is 0 Å². The fraction of sp³-hybridized carbons (Fsp3) is 0.0435. The second-order valence-electron chi connectivity index (χ2n) is 6.19. The first-order chi connectivity index (χ1) is 14.5. The van der Waals surface area contributed by atoms with Crippen LogP contribution in [0.1, 0.15) is 26.3 Å². The average molecular weight is 403 g/mol. The molecule has 3 aromatic rings. The number of ketones is 1. The van der Waals surface area contributed by atoms with E-state index in [1.807, 2.05) is 12.1 Å². The van der Waals surface area contributed by atoms with E-state index in [-0.39, 0.29) is 22.8 Å². The van der Waals surface area contributed by atoms with Crippen molar-refractivity contribution in [3.63, 3.8) is 0 Å². The maximum Gasteiger partial charge on any atom is 0.343 e. The minimum Gasteiger partial charge on any atom is -0.497 e. The topological polar surface area (TPSA) is 95.7 Å². The monoisotopic (exact) mass is 403 g/mol. The van der Waals surface area contributed by atoms with Crippen LogP contribution in [0.2, 0.25) is 0 Å². The molecule has 0 aliphatic heterocycles. The lowest BCUT2D eigenvalue weighted by Crippen LogP contribution is -2.09. The largest absolute Gasteiger partial charge is 0.497 e. The second-order valence-corrected chi connectivity index (χ2v) is 6.19. The van der Waals surface area contributed by atoms with E-state index in [0.29, 0.717) is 5.56 Å². The summed E-state index contributed by atoms with van der Waals surface area (Å²) in [6, 6.07) is 18.6. The Balaban J connectivity index is 1.64. The highest BCUT2D eigenvalue weighted by Crippen LogP contribution is 2.18. The van der Waals surface area contributed by atoms with Gasteiger partial charge in [-0.2, -0.15) is 0 Å². The fourth-order valence-corrected chi connectivity index (χ4v) is 2.58. The number of benzene rings is 3. The van der Waals surface area contributed by atoms with Gasteiger partial charge in [-0.15, -0.1) is 0 Å². The van der Waals surface area contributed by atoms with Crippen molar-refractivity contribution in [2.45, 2.75) is 0 Å². The summed E-state index contributed by atoms with van der Waals surface area (Å²) in [5.74, 6) is 0.0236. The van der Waals surface area contributed by atoms with Crippen molar-refractivity contribution in [1.29, 1.82) is 0 Å². The summed E-state index contributed by atoms with van der Waals surface area (Å²) < 4.78 is 10.3. The fourth-order valence-electron chi connectivity index (χ4n) is 2.58. The zero-order chi connectivity index (χ0) is 21.5. The lowest BCUT2D eigenvalue weighted by Gasteiger charge is -2.05. The van der Waals surface area contributed by atoms with Crippen LogP contribution in [0.5, 0.6) is 11.5 Å². The molecule has 0 aliphatic rings. The number of nitro groups is 1. The van der Waals surface area contributed by atoms with Gasteiger partial charge in [0.05, 0.1) is 17.6 Å². The van der Waals surface area contributed by atoms with E-state index in [4.69, 9.17) is 9.47 Å². The van der Waals surface area contributed by atoms with Crippen LogP contribution < -0.4 is 9.47 Å². The van der Waals surface area contributed by atoms with Crippen molar-refractivity contribution in [3.05, 3.63) is 106 Å². The molecule has 0 heterocycles. The lowest BCUT2D eigenvalue weighted by molar-refractivity contribution is -0.384. The molecule has 0 saturated heterocycles. The summed E-state index contributed by atoms with van der Waals surface area (Å²) in [6.45, 7) is 0. The third kappa shape index (κ3) is 5.17. The van der Waals surface area contributed by atoms with Crippen LogP contribution in [-0.4, -0.2) is 23.8 Å². The zero-order valence-electron chi connectivity index (χ0n) is 16.0. The lowest BCUT2D eigenvalue weighted by atomic mass is 10.1. The van der Waals surface area contributed by atoms with Crippen molar-refractivity contribution in [1.82, 2.24) is 0 Å². The van der Waals surface area contributed by atoms with Crippen molar-refractivity contribution in [2.24, 2.45) is 0 Å². The maximum absolute atomic E-state index is 12.3. The Bertz CT molecular complexity index is 1100. The van der Waals surface area contributed by atoms with Gasteiger partial charge >= 0.3 is 5.97 Å². The minimum absolute atomic E-state index is 0.0618. The van der Waals surface area contributed by atoms with Crippen molar-refractivity contribution < 1.29 is 24.0 Å². The molecule has 0 aliphatic carbocycles. The number of hydrogen-bond donors (Lipinski definition) is 0. The van der Waals surface area contributed by atoms with Crippen LogP contribution in [0.15, 0.2) is 78.9 Å². The number of rotatable bonds is 7. The Morgan fingerprint density at radius 2 is 1.57 bits per heavy atom. The Morgan fingerprint density at radius 1 is 0.900 bits per heavy atom. The minimum atomic E-state index is -0.725. The number of carbonyl (C=O) groups is 2. The highest BCUT2D eigenvalue weighted by atomic mass is 16.6. The van der Waals surface area contributed by atoms with E-state index < -0.39 is 10.9 Å². The van der Waals surface area contributed by atoms with E-state index in [1.54, 1.807) is 25.3 Å². The molecule has 3 aromatic carbocycles. The van der Waals surface area contributed by atoms with Gasteiger partial charge < -0.3 is 9.47 Å². The smallest absolute Gasteiger partial charge is 0.343 e. The predicted octanol–water partition coefficient (Wildman–Crippen LogP) is 4.72. The highest BCUT2D eigenvalue weighted by molar-refractivity contribution is 6.06. The van der Waals surface area contributed by atoms with Gasteiger partial charge in [-0.1, -0.05) is 24.3 Å². The van der Waals surface area contributed by atoms with Gasteiger partial charge in [0.1, 0.15) is 11.5 Å². The molecule has 0 fully saturated rings. The number of hydrogen-bond acceptors (Lipinski definition) is 6. The second kappa shape index (κ2) is 9.29. The number of allylic oxidation sites excluding steroid dienone is 1. The average Bonchev–Trinajstić information content (AvgIpc) is 2.78. The summed E-state index contributed by atoms with van der Waals surface area (Å²) in [5.41, 5.74) is 1.14. The molecule has 150 valence electrons. The van der Waals surface area contributed by atoms with Crippen molar-refractivity contribution in [3.8, 4) is 11.5 Å². The molecule has 7 nitrogen and oxygen atoms in total. The Morgan fingerprint density at radius 3 is 2.20 bits per heavy atom. The molecule has 0 N–H and O–H groups in total. The van der Waals surface area contributed by atoms with Crippen LogP contribution >= 0.6 is 0 Å². The Labute approximate surface area is 172 Å². The number of esters is 1. The van der Waals surface area contributed by atoms with Crippen LogP contribution in [0.3, 0.4) is 0 Å². The van der Waals surface area contributed by atoms with E-state index in [1.165, 1.54) is 48.5 Å². The van der Waals surface area contributed by atoms with Gasteiger partial charge in [-0.25, -0.2) is 4.79 Å². The van der Waals surface area contributed by atoms with Gasteiger partial charge in [-0.3, -0.25) is 14.9 Å². The maximum atomic E-state index is 12.3. The summed E-state index contributed by atoms with van der Waals surface area (Å²) in [7, 11) is 1.58. The summed E-state index contributed by atoms with van der Waals surface area (Å²) in [4.78, 5) is 34.7. The molecule has 0 spiro atoms. The molecule has 30 heavy (non-hydrogen) atoms. The van der Waals surface area contributed by atoms with Crippen molar-refractivity contribution >= 4 is 23.5 Å². The summed E-state index contributed by atoms with van der Waals surface area (Å²) >= 11 is 0. The Kier molecular flexibility index (Phi) is 6.34. The van der Waals surface area contributed by atoms with Gasteiger partial charge in [0.25, 0.3) is 5.69 Å². The Hall–Kier alpha value is -4.26. The van der Waals surface area contributed by atoms with Crippen molar-refractivity contribution in [2.75, 3.05) is 7.11 Å². The van der Waals surface area contributed by atoms with Crippen LogP contribution in [0, 0.1) is 10.1 Å². The standard InChI is InChI=1S/C23H17NO6/c1-29-20-10-5-16(6-11-20)7-14-22(25)17-8-12-21(13-9-17)30-23(26)18-3-2-4-19(15-18)24(27)28/h2-15H,1H3. The van der Waals surface area contributed by atoms with E-state index in [2.05, 4.69) is 0 Å². The summed E-state index contributed by atoms with van der Waals surface area (Å²) in [5, 5.41) is 10.8. The van der Waals surface area contributed by atoms with Gasteiger partial charge in [0, 0.05) is 17.7 Å². The highest BCUT2D eigenvalue weighted by Gasteiger charge is 2.13. The summed E-state index contributed by atoms with van der Waals surface area (Å²) in [6.07, 6.45) is 3.14. The molecule has 0 unspecified atom stereocenters. The number of non-ortho nitro benzene ring substituents is 1. The van der Waals surface area contributed by atoms with Crippen LogP contribution in [0.4, 0.5) is 5.69 Å². The normalized spacial score (nSPS) is 10.6. The van der Waals surface area contributed by atoms with E-state index in [9.17, 15) is 19.7 Å². The number of nitro benzene ring substituents is 1. The molecule has 0 radical (unpaired) electrons. The predicted molar refractivity (Wildman–Crippen MR) is 111 cm³/mol. The number of nitrogens with zero attached hydrogens (tertiary/aromatic N) is 1. The van der Waals surface area contributed by atoms with Crippen LogP contribution in [0.25, 0.3) is 6.08 Å². The molecular weight excluding hydrogens is 386 g/mol. The number of ether oxygens (including phenoxy) is 2. The SMILES string of the molecule is COc1ccc(C=CC(=O)c2ccc(OC(=O)c3cccc([N+](=O)[O-])c3)cc2)cc1. The third-order valence-electron chi connectivity index (χ3n) is 4.19. The zero-order valence-corrected chi connectivity index (χ0v) is 16.0. The molecular formula is C23H17NO6. The molecule has 0 aromatic heterocycles. The molecule has 3 rings (SSSR count). The molecule has 0 amide bonds. The molecule has 0 bridgehead atoms. The molecule has 7 heteroatoms. The molecule has 0 saturated carbocycles. The van der Waals surface area contributed by atoms with Gasteiger partial charge in [0.15, 0.2) is 5.78 Å². The first-order valence-corrected chi connectivity index (χ1v) is 8.89. The quantitative estimate of drug-likeness (QED) is 0.141. The first kappa shape index (κ1) is 20.5.